The molecule has 1 fully saturated rings. The van der Waals surface area contributed by atoms with Gasteiger partial charge in [0.1, 0.15) is 0 Å². The molecule has 0 radical (unpaired) electrons. The van der Waals surface area contributed by atoms with Crippen LogP contribution in [-0.4, -0.2) is 12.5 Å². The van der Waals surface area contributed by atoms with Crippen LogP contribution in [0.2, 0.25) is 0 Å². The Morgan fingerprint density at radius 1 is 1.22 bits per heavy atom. The molecule has 0 aliphatic heterocycles. The lowest BCUT2D eigenvalue weighted by Gasteiger charge is -2.10. The Morgan fingerprint density at radius 3 is 2.44 bits per heavy atom. The molecule has 0 unspecified atom stereocenters. The molecule has 0 bridgehead atoms. The van der Waals surface area contributed by atoms with Gasteiger partial charge in [-0.1, -0.05) is 25.0 Å². The number of carbonyl (C=O) groups excluding carboxylic acids is 1. The largest absolute Gasteiger partial charge is 0.399 e. The summed E-state index contributed by atoms with van der Waals surface area (Å²) in [5.41, 5.74) is 7.61. The van der Waals surface area contributed by atoms with E-state index in [1.807, 2.05) is 24.3 Å². The van der Waals surface area contributed by atoms with Crippen molar-refractivity contribution in [2.24, 2.45) is 5.92 Å². The smallest absolute Gasteiger partial charge is 0.223 e. The van der Waals surface area contributed by atoms with E-state index in [9.17, 15) is 4.79 Å². The van der Waals surface area contributed by atoms with E-state index in [2.05, 4.69) is 5.32 Å². The number of hydrogen-bond acceptors (Lipinski definition) is 2. The summed E-state index contributed by atoms with van der Waals surface area (Å²) in [6.45, 7) is 0.721. The highest BCUT2D eigenvalue weighted by atomic mass is 35.5. The third-order valence-electron chi connectivity index (χ3n) is 3.42. The molecule has 1 saturated carbocycles. The molecule has 3 N–H and O–H groups in total. The van der Waals surface area contributed by atoms with Crippen LogP contribution in [0, 0.1) is 5.92 Å². The molecule has 1 aliphatic rings. The maximum Gasteiger partial charge on any atom is 0.223 e. The molecule has 4 heteroatoms. The van der Waals surface area contributed by atoms with Gasteiger partial charge in [0.25, 0.3) is 0 Å². The van der Waals surface area contributed by atoms with Gasteiger partial charge in [-0.2, -0.15) is 0 Å². The van der Waals surface area contributed by atoms with Gasteiger partial charge < -0.3 is 11.1 Å². The minimum atomic E-state index is 0. The summed E-state index contributed by atoms with van der Waals surface area (Å²) >= 11 is 0. The first kappa shape index (κ1) is 14.8. The lowest BCUT2D eigenvalue weighted by molar-refractivity contribution is -0.124. The van der Waals surface area contributed by atoms with E-state index < -0.39 is 0 Å². The minimum absolute atomic E-state index is 0. The van der Waals surface area contributed by atoms with E-state index in [-0.39, 0.29) is 24.2 Å². The van der Waals surface area contributed by atoms with Crippen molar-refractivity contribution in [3.63, 3.8) is 0 Å². The molecular formula is C14H21ClN2O. The van der Waals surface area contributed by atoms with Crippen LogP contribution in [0.1, 0.15) is 31.2 Å². The Kier molecular flexibility index (Phi) is 5.99. The van der Waals surface area contributed by atoms with Gasteiger partial charge >= 0.3 is 0 Å². The summed E-state index contributed by atoms with van der Waals surface area (Å²) in [6.07, 6.45) is 5.41. The van der Waals surface area contributed by atoms with Gasteiger partial charge in [-0.15, -0.1) is 12.4 Å². The average molecular weight is 269 g/mol. The first-order chi connectivity index (χ1) is 8.25. The van der Waals surface area contributed by atoms with Crippen LogP contribution in [0.3, 0.4) is 0 Å². The summed E-state index contributed by atoms with van der Waals surface area (Å²) in [5, 5.41) is 3.02. The van der Waals surface area contributed by atoms with Crippen molar-refractivity contribution in [3.8, 4) is 0 Å². The fourth-order valence-electron chi connectivity index (χ4n) is 2.35. The lowest BCUT2D eigenvalue weighted by atomic mass is 10.1. The summed E-state index contributed by atoms with van der Waals surface area (Å²) < 4.78 is 0. The number of anilines is 1. The summed E-state index contributed by atoms with van der Waals surface area (Å²) in [7, 11) is 0. The maximum absolute atomic E-state index is 11.8. The zero-order valence-electron chi connectivity index (χ0n) is 10.5. The second kappa shape index (κ2) is 7.27. The summed E-state index contributed by atoms with van der Waals surface area (Å²) in [6, 6.07) is 7.82. The van der Waals surface area contributed by atoms with Gasteiger partial charge in [0.2, 0.25) is 5.91 Å². The number of amides is 1. The Morgan fingerprint density at radius 2 is 1.83 bits per heavy atom. The molecule has 1 aliphatic carbocycles. The van der Waals surface area contributed by atoms with Crippen LogP contribution >= 0.6 is 12.4 Å². The highest BCUT2D eigenvalue weighted by Crippen LogP contribution is 2.24. The van der Waals surface area contributed by atoms with Crippen molar-refractivity contribution in [2.45, 2.75) is 32.1 Å². The quantitative estimate of drug-likeness (QED) is 0.825. The molecule has 0 saturated heterocycles. The van der Waals surface area contributed by atoms with Gasteiger partial charge in [-0.3, -0.25) is 4.79 Å². The number of hydrogen-bond donors (Lipinski definition) is 2. The monoisotopic (exact) mass is 268 g/mol. The molecule has 18 heavy (non-hydrogen) atoms. The number of benzene rings is 1. The molecule has 0 atom stereocenters. The van der Waals surface area contributed by atoms with Crippen molar-refractivity contribution < 1.29 is 4.79 Å². The highest BCUT2D eigenvalue weighted by Gasteiger charge is 2.21. The van der Waals surface area contributed by atoms with Crippen LogP contribution in [0.4, 0.5) is 5.69 Å². The number of halogens is 1. The predicted molar refractivity (Wildman–Crippen MR) is 76.8 cm³/mol. The van der Waals surface area contributed by atoms with Crippen molar-refractivity contribution in [2.75, 3.05) is 12.3 Å². The van der Waals surface area contributed by atoms with E-state index in [1.54, 1.807) is 0 Å². The van der Waals surface area contributed by atoms with Crippen LogP contribution in [0.15, 0.2) is 24.3 Å². The maximum atomic E-state index is 11.8. The lowest BCUT2D eigenvalue weighted by Crippen LogP contribution is -2.30. The molecular weight excluding hydrogens is 248 g/mol. The molecule has 1 amide bonds. The van der Waals surface area contributed by atoms with Gasteiger partial charge in [-0.25, -0.2) is 0 Å². The molecule has 0 heterocycles. The van der Waals surface area contributed by atoms with Crippen LogP contribution < -0.4 is 11.1 Å². The van der Waals surface area contributed by atoms with Gasteiger partial charge in [0, 0.05) is 18.2 Å². The average Bonchev–Trinajstić information content (AvgIpc) is 2.85. The second-order valence-corrected chi connectivity index (χ2v) is 4.76. The molecule has 100 valence electrons. The van der Waals surface area contributed by atoms with E-state index >= 15 is 0 Å². The molecule has 0 spiro atoms. The van der Waals surface area contributed by atoms with Gasteiger partial charge in [0.05, 0.1) is 0 Å². The van der Waals surface area contributed by atoms with E-state index in [0.29, 0.717) is 0 Å². The van der Waals surface area contributed by atoms with Crippen molar-refractivity contribution >= 4 is 24.0 Å². The standard InChI is InChI=1S/C14H20N2O.ClH/c15-13-7-5-11(6-8-13)9-10-16-14(17)12-3-1-2-4-12;/h5-8,12H,1-4,9-10,15H2,(H,16,17);1H. The fraction of sp³-hybridized carbons (Fsp3) is 0.500. The molecule has 1 aromatic rings. The van der Waals surface area contributed by atoms with Crippen LogP contribution in [0.25, 0.3) is 0 Å². The van der Waals surface area contributed by atoms with Crippen molar-refractivity contribution in [3.05, 3.63) is 29.8 Å². The van der Waals surface area contributed by atoms with E-state index in [4.69, 9.17) is 5.73 Å². The number of rotatable bonds is 4. The predicted octanol–water partition coefficient (Wildman–Crippen LogP) is 2.54. The Labute approximate surface area is 115 Å². The molecule has 2 rings (SSSR count). The van der Waals surface area contributed by atoms with Crippen LogP contribution in [-0.2, 0) is 11.2 Å². The second-order valence-electron chi connectivity index (χ2n) is 4.76. The first-order valence-corrected chi connectivity index (χ1v) is 6.38. The zero-order chi connectivity index (χ0) is 12.1. The van der Waals surface area contributed by atoms with Gasteiger partial charge in [0.15, 0.2) is 0 Å². The number of nitrogens with two attached hydrogens (primary N) is 1. The highest BCUT2D eigenvalue weighted by molar-refractivity contribution is 5.85. The van der Waals surface area contributed by atoms with E-state index in [0.717, 1.165) is 31.5 Å². The first-order valence-electron chi connectivity index (χ1n) is 6.38. The normalized spacial score (nSPS) is 15.1. The zero-order valence-corrected chi connectivity index (χ0v) is 11.3. The topological polar surface area (TPSA) is 55.1 Å². The number of carbonyl (C=O) groups is 1. The van der Waals surface area contributed by atoms with E-state index in [1.165, 1.54) is 18.4 Å². The Bertz CT molecular complexity index is 372. The number of nitrogens with one attached hydrogen (secondary N) is 1. The Hall–Kier alpha value is -1.22. The fourth-order valence-corrected chi connectivity index (χ4v) is 2.35. The minimum Gasteiger partial charge on any atom is -0.399 e. The van der Waals surface area contributed by atoms with Crippen molar-refractivity contribution in [1.29, 1.82) is 0 Å². The van der Waals surface area contributed by atoms with Gasteiger partial charge in [-0.05, 0) is 37.0 Å². The SMILES string of the molecule is Cl.Nc1ccc(CCNC(=O)C2CCCC2)cc1. The molecule has 0 aromatic heterocycles. The third-order valence-corrected chi connectivity index (χ3v) is 3.42. The van der Waals surface area contributed by atoms with Crippen molar-refractivity contribution in [1.82, 2.24) is 5.32 Å². The Balaban J connectivity index is 0.00000162. The third kappa shape index (κ3) is 4.22. The summed E-state index contributed by atoms with van der Waals surface area (Å²) in [5.74, 6) is 0.499. The molecule has 1 aromatic carbocycles. The number of nitrogen functional groups attached to an aromatic ring is 1. The van der Waals surface area contributed by atoms with Crippen LogP contribution in [0.5, 0.6) is 0 Å². The molecule has 3 nitrogen and oxygen atoms in total. The summed E-state index contributed by atoms with van der Waals surface area (Å²) in [4.78, 5) is 11.8.